The van der Waals surface area contributed by atoms with Gasteiger partial charge < -0.3 is 20.3 Å². The number of anilines is 1. The van der Waals surface area contributed by atoms with Crippen molar-refractivity contribution in [2.45, 2.75) is 19.4 Å². The van der Waals surface area contributed by atoms with E-state index in [4.69, 9.17) is 4.74 Å². The molecule has 5 nitrogen and oxygen atoms in total. The maximum atomic E-state index is 12.2. The summed E-state index contributed by atoms with van der Waals surface area (Å²) in [6.07, 6.45) is 1.01. The number of nitrogens with zero attached hydrogens (tertiary/aromatic N) is 1. The Hall–Kier alpha value is -1.59. The van der Waals surface area contributed by atoms with Gasteiger partial charge in [0.15, 0.2) is 0 Å². The van der Waals surface area contributed by atoms with Gasteiger partial charge in [-0.3, -0.25) is 0 Å². The third-order valence-corrected chi connectivity index (χ3v) is 4.07. The minimum Gasteiger partial charge on any atom is -0.384 e. The van der Waals surface area contributed by atoms with Crippen LogP contribution in [0.3, 0.4) is 0 Å². The van der Waals surface area contributed by atoms with Crippen molar-refractivity contribution in [3.05, 3.63) is 29.8 Å². The molecule has 1 heterocycles. The van der Waals surface area contributed by atoms with Gasteiger partial charge in [0.2, 0.25) is 0 Å². The van der Waals surface area contributed by atoms with Gasteiger partial charge in [-0.1, -0.05) is 12.1 Å². The zero-order chi connectivity index (χ0) is 15.2. The fourth-order valence-corrected chi connectivity index (χ4v) is 2.61. The van der Waals surface area contributed by atoms with E-state index in [0.717, 1.165) is 31.8 Å². The summed E-state index contributed by atoms with van der Waals surface area (Å²) < 4.78 is 5.15. The maximum absolute atomic E-state index is 12.2. The smallest absolute Gasteiger partial charge is 0.321 e. The highest BCUT2D eigenvalue weighted by Gasteiger charge is 2.26. The predicted octanol–water partition coefficient (Wildman–Crippen LogP) is 2.47. The molecule has 0 spiro atoms. The van der Waals surface area contributed by atoms with Gasteiger partial charge >= 0.3 is 6.03 Å². The summed E-state index contributed by atoms with van der Waals surface area (Å²) in [6, 6.07) is 8.25. The molecule has 1 saturated heterocycles. The average Bonchev–Trinajstić information content (AvgIpc) is 2.96. The van der Waals surface area contributed by atoms with Crippen LogP contribution in [0.4, 0.5) is 10.5 Å². The van der Waals surface area contributed by atoms with Crippen molar-refractivity contribution in [2.24, 2.45) is 5.92 Å². The zero-order valence-corrected chi connectivity index (χ0v) is 13.1. The summed E-state index contributed by atoms with van der Waals surface area (Å²) in [5.74, 6) is 0.458. The Bertz CT molecular complexity index is 461. The Morgan fingerprint density at radius 3 is 2.76 bits per heavy atom. The van der Waals surface area contributed by atoms with E-state index in [2.05, 4.69) is 17.6 Å². The molecule has 1 aromatic rings. The van der Waals surface area contributed by atoms with Crippen molar-refractivity contribution in [2.75, 3.05) is 39.2 Å². The largest absolute Gasteiger partial charge is 0.384 e. The van der Waals surface area contributed by atoms with Crippen LogP contribution < -0.4 is 10.6 Å². The minimum atomic E-state index is -0.0250. The number of carbonyl (C=O) groups excluding carboxylic acids is 1. The molecule has 1 aromatic carbocycles. The molecule has 2 amide bonds. The molecule has 0 aliphatic carbocycles. The molecule has 0 saturated carbocycles. The summed E-state index contributed by atoms with van der Waals surface area (Å²) in [7, 11) is 3.64. The average molecular weight is 291 g/mol. The molecule has 1 aliphatic rings. The highest BCUT2D eigenvalue weighted by Crippen LogP contribution is 2.19. The molecule has 0 aromatic heterocycles. The molecule has 5 heteroatoms. The number of urea groups is 1. The van der Waals surface area contributed by atoms with Gasteiger partial charge in [-0.25, -0.2) is 4.79 Å². The van der Waals surface area contributed by atoms with E-state index in [1.807, 2.05) is 36.2 Å². The molecule has 2 rings (SSSR count). The van der Waals surface area contributed by atoms with E-state index in [9.17, 15) is 4.79 Å². The normalized spacial score (nSPS) is 19.6. The second-order valence-corrected chi connectivity index (χ2v) is 5.62. The number of rotatable bonds is 5. The monoisotopic (exact) mass is 291 g/mol. The number of ether oxygens (including phenoxy) is 1. The summed E-state index contributed by atoms with van der Waals surface area (Å²) in [6.45, 7) is 4.40. The number of methoxy groups -OCH3 is 1. The Kier molecular flexibility index (Phi) is 5.59. The topological polar surface area (TPSA) is 53.6 Å². The Balaban J connectivity index is 1.88. The molecular weight excluding hydrogens is 266 g/mol. The van der Waals surface area contributed by atoms with E-state index in [1.165, 1.54) is 5.56 Å². The molecule has 1 fully saturated rings. The number of benzene rings is 1. The Morgan fingerprint density at radius 1 is 1.43 bits per heavy atom. The molecule has 2 unspecified atom stereocenters. The molecule has 2 atom stereocenters. The first kappa shape index (κ1) is 15.8. The second kappa shape index (κ2) is 7.43. The van der Waals surface area contributed by atoms with Gasteiger partial charge in [-0.05, 0) is 38.1 Å². The lowest BCUT2D eigenvalue weighted by Crippen LogP contribution is -2.33. The van der Waals surface area contributed by atoms with Gasteiger partial charge in [0, 0.05) is 37.8 Å². The first-order valence-electron chi connectivity index (χ1n) is 7.46. The van der Waals surface area contributed by atoms with Crippen molar-refractivity contribution >= 4 is 11.7 Å². The number of amides is 2. The second-order valence-electron chi connectivity index (χ2n) is 5.62. The molecule has 21 heavy (non-hydrogen) atoms. The fraction of sp³-hybridized carbons (Fsp3) is 0.562. The van der Waals surface area contributed by atoms with Crippen LogP contribution in [0.2, 0.25) is 0 Å². The van der Waals surface area contributed by atoms with Crippen molar-refractivity contribution in [3.63, 3.8) is 0 Å². The fourth-order valence-electron chi connectivity index (χ4n) is 2.61. The third kappa shape index (κ3) is 4.19. The van der Waals surface area contributed by atoms with Gasteiger partial charge in [-0.2, -0.15) is 0 Å². The van der Waals surface area contributed by atoms with Gasteiger partial charge in [0.25, 0.3) is 0 Å². The van der Waals surface area contributed by atoms with Crippen molar-refractivity contribution in [1.29, 1.82) is 0 Å². The first-order chi connectivity index (χ1) is 10.1. The van der Waals surface area contributed by atoms with Crippen LogP contribution in [0.5, 0.6) is 0 Å². The molecule has 0 radical (unpaired) electrons. The quantitative estimate of drug-likeness (QED) is 0.876. The van der Waals surface area contributed by atoms with Crippen LogP contribution >= 0.6 is 0 Å². The SMILES string of the molecule is CNC(C)c1ccc(NC(=O)N2CCC(COC)C2)cc1. The van der Waals surface area contributed by atoms with E-state index in [-0.39, 0.29) is 6.03 Å². The van der Waals surface area contributed by atoms with Gasteiger partial charge in [-0.15, -0.1) is 0 Å². The minimum absolute atomic E-state index is 0.0250. The van der Waals surface area contributed by atoms with E-state index >= 15 is 0 Å². The van der Waals surface area contributed by atoms with Gasteiger partial charge in [0.05, 0.1) is 6.61 Å². The summed E-state index contributed by atoms with van der Waals surface area (Å²) in [5, 5.41) is 6.15. The lowest BCUT2D eigenvalue weighted by molar-refractivity contribution is 0.154. The maximum Gasteiger partial charge on any atom is 0.321 e. The molecule has 1 aliphatic heterocycles. The van der Waals surface area contributed by atoms with Crippen molar-refractivity contribution < 1.29 is 9.53 Å². The number of carbonyl (C=O) groups is 1. The number of hydrogen-bond acceptors (Lipinski definition) is 3. The number of hydrogen-bond donors (Lipinski definition) is 2. The van der Waals surface area contributed by atoms with E-state index in [0.29, 0.717) is 12.0 Å². The van der Waals surface area contributed by atoms with Crippen LogP contribution in [-0.4, -0.2) is 44.8 Å². The molecule has 116 valence electrons. The van der Waals surface area contributed by atoms with Crippen molar-refractivity contribution in [3.8, 4) is 0 Å². The summed E-state index contributed by atoms with van der Waals surface area (Å²) in [5.41, 5.74) is 2.04. The lowest BCUT2D eigenvalue weighted by atomic mass is 10.1. The molecular formula is C16H25N3O2. The number of nitrogens with one attached hydrogen (secondary N) is 2. The number of likely N-dealkylation sites (tertiary alicyclic amines) is 1. The Morgan fingerprint density at radius 2 is 2.14 bits per heavy atom. The highest BCUT2D eigenvalue weighted by atomic mass is 16.5. The van der Waals surface area contributed by atoms with E-state index in [1.54, 1.807) is 7.11 Å². The highest BCUT2D eigenvalue weighted by molar-refractivity contribution is 5.89. The molecule has 0 bridgehead atoms. The van der Waals surface area contributed by atoms with Crippen LogP contribution in [0.15, 0.2) is 24.3 Å². The lowest BCUT2D eigenvalue weighted by Gasteiger charge is -2.18. The van der Waals surface area contributed by atoms with Crippen LogP contribution in [-0.2, 0) is 4.74 Å². The van der Waals surface area contributed by atoms with Crippen LogP contribution in [0, 0.1) is 5.92 Å². The third-order valence-electron chi connectivity index (χ3n) is 4.07. The van der Waals surface area contributed by atoms with Crippen LogP contribution in [0.1, 0.15) is 24.9 Å². The summed E-state index contributed by atoms with van der Waals surface area (Å²) in [4.78, 5) is 14.1. The predicted molar refractivity (Wildman–Crippen MR) is 84.5 cm³/mol. The molecule has 2 N–H and O–H groups in total. The standard InChI is InChI=1S/C16H25N3O2/c1-12(17-2)14-4-6-15(7-5-14)18-16(20)19-9-8-13(10-19)11-21-3/h4-7,12-13,17H,8-11H2,1-3H3,(H,18,20). The summed E-state index contributed by atoms with van der Waals surface area (Å²) >= 11 is 0. The van der Waals surface area contributed by atoms with Crippen molar-refractivity contribution in [1.82, 2.24) is 10.2 Å². The Labute approximate surface area is 126 Å². The zero-order valence-electron chi connectivity index (χ0n) is 13.1. The van der Waals surface area contributed by atoms with E-state index < -0.39 is 0 Å². The van der Waals surface area contributed by atoms with Crippen LogP contribution in [0.25, 0.3) is 0 Å². The first-order valence-corrected chi connectivity index (χ1v) is 7.46. The van der Waals surface area contributed by atoms with Gasteiger partial charge in [0.1, 0.15) is 0 Å².